The molecule has 1 aromatic rings. The largest absolute Gasteiger partial charge is 0.314 e. The van der Waals surface area contributed by atoms with Crippen LogP contribution >= 0.6 is 0 Å². The Balaban J connectivity index is 2.47. The number of rotatable bonds is 7. The zero-order chi connectivity index (χ0) is 12.7. The second kappa shape index (κ2) is 7.44. The summed E-state index contributed by atoms with van der Waals surface area (Å²) in [4.78, 5) is 0. The van der Waals surface area contributed by atoms with Crippen molar-refractivity contribution in [3.8, 4) is 0 Å². The molecule has 1 aromatic carbocycles. The van der Waals surface area contributed by atoms with Crippen molar-refractivity contribution in [1.29, 1.82) is 0 Å². The molecule has 0 aliphatic carbocycles. The molecular weight excluding hydrogens is 213 g/mol. The molecule has 0 amide bonds. The number of nitrogens with one attached hydrogen (secondary N) is 1. The highest BCUT2D eigenvalue weighted by Crippen LogP contribution is 2.12. The van der Waals surface area contributed by atoms with Gasteiger partial charge in [0.05, 0.1) is 0 Å². The normalized spacial score (nSPS) is 12.7. The molecular formula is C15H24FN. The van der Waals surface area contributed by atoms with Gasteiger partial charge in [0.1, 0.15) is 5.82 Å². The van der Waals surface area contributed by atoms with Crippen LogP contribution in [-0.2, 0) is 6.42 Å². The van der Waals surface area contributed by atoms with Crippen LogP contribution in [0.4, 0.5) is 4.39 Å². The van der Waals surface area contributed by atoms with E-state index in [2.05, 4.69) is 25.2 Å². The van der Waals surface area contributed by atoms with Gasteiger partial charge < -0.3 is 5.32 Å². The lowest BCUT2D eigenvalue weighted by atomic mass is 10.0. The molecule has 0 aliphatic rings. The molecule has 0 saturated carbocycles. The minimum atomic E-state index is -0.116. The molecule has 1 atom stereocenters. The van der Waals surface area contributed by atoms with Crippen molar-refractivity contribution in [3.05, 3.63) is 35.1 Å². The number of aryl methyl sites for hydroxylation is 2. The highest BCUT2D eigenvalue weighted by molar-refractivity contribution is 5.23. The van der Waals surface area contributed by atoms with E-state index in [-0.39, 0.29) is 5.82 Å². The summed E-state index contributed by atoms with van der Waals surface area (Å²) in [7, 11) is 0. The summed E-state index contributed by atoms with van der Waals surface area (Å²) in [6.45, 7) is 7.39. The average Bonchev–Trinajstić information content (AvgIpc) is 2.28. The highest BCUT2D eigenvalue weighted by atomic mass is 19.1. The first kappa shape index (κ1) is 14.2. The van der Waals surface area contributed by atoms with Crippen molar-refractivity contribution in [2.24, 2.45) is 0 Å². The Bertz CT molecular complexity index is 315. The lowest BCUT2D eigenvalue weighted by Crippen LogP contribution is -2.29. The van der Waals surface area contributed by atoms with E-state index >= 15 is 0 Å². The third-order valence-corrected chi connectivity index (χ3v) is 3.06. The second-order valence-corrected chi connectivity index (χ2v) is 4.73. The molecule has 1 unspecified atom stereocenters. The Morgan fingerprint density at radius 3 is 2.59 bits per heavy atom. The first-order valence-corrected chi connectivity index (χ1v) is 6.65. The van der Waals surface area contributed by atoms with Crippen LogP contribution in [0.2, 0.25) is 0 Å². The smallest absolute Gasteiger partial charge is 0.123 e. The van der Waals surface area contributed by atoms with Gasteiger partial charge in [-0.2, -0.15) is 0 Å². The summed E-state index contributed by atoms with van der Waals surface area (Å²) in [6, 6.07) is 5.86. The molecule has 0 saturated heterocycles. The van der Waals surface area contributed by atoms with Crippen molar-refractivity contribution < 1.29 is 4.39 Å². The minimum Gasteiger partial charge on any atom is -0.314 e. The summed E-state index contributed by atoms with van der Waals surface area (Å²) in [5.41, 5.74) is 2.12. The van der Waals surface area contributed by atoms with Crippen LogP contribution in [0.25, 0.3) is 0 Å². The van der Waals surface area contributed by atoms with Crippen LogP contribution in [0.5, 0.6) is 0 Å². The van der Waals surface area contributed by atoms with Crippen molar-refractivity contribution >= 4 is 0 Å². The lowest BCUT2D eigenvalue weighted by Gasteiger charge is -2.16. The third kappa shape index (κ3) is 5.31. The predicted octanol–water partition coefficient (Wildman–Crippen LogP) is 3.84. The molecule has 0 spiro atoms. The van der Waals surface area contributed by atoms with E-state index < -0.39 is 0 Å². The van der Waals surface area contributed by atoms with Gasteiger partial charge in [0, 0.05) is 6.04 Å². The predicted molar refractivity (Wildman–Crippen MR) is 71.8 cm³/mol. The maximum atomic E-state index is 13.2. The SMILES string of the molecule is CCCNC(CC)CCc1cc(C)cc(F)c1. The van der Waals surface area contributed by atoms with Gasteiger partial charge >= 0.3 is 0 Å². The summed E-state index contributed by atoms with van der Waals surface area (Å²) in [5, 5.41) is 3.52. The standard InChI is InChI=1S/C15H24FN/c1-4-8-17-15(5-2)7-6-13-9-12(3)10-14(16)11-13/h9-11,15,17H,4-8H2,1-3H3. The Hall–Kier alpha value is -0.890. The summed E-state index contributed by atoms with van der Waals surface area (Å²) < 4.78 is 13.2. The second-order valence-electron chi connectivity index (χ2n) is 4.73. The van der Waals surface area contributed by atoms with E-state index in [1.54, 1.807) is 12.1 Å². The molecule has 1 N–H and O–H groups in total. The topological polar surface area (TPSA) is 12.0 Å². The average molecular weight is 237 g/mol. The van der Waals surface area contributed by atoms with Crippen molar-refractivity contribution in [3.63, 3.8) is 0 Å². The van der Waals surface area contributed by atoms with Gasteiger partial charge in [-0.15, -0.1) is 0 Å². The highest BCUT2D eigenvalue weighted by Gasteiger charge is 2.06. The minimum absolute atomic E-state index is 0.116. The zero-order valence-electron chi connectivity index (χ0n) is 11.2. The fraction of sp³-hybridized carbons (Fsp3) is 0.600. The maximum absolute atomic E-state index is 13.2. The Labute approximate surface area is 104 Å². The van der Waals surface area contributed by atoms with Crippen LogP contribution in [0, 0.1) is 12.7 Å². The van der Waals surface area contributed by atoms with Crippen molar-refractivity contribution in [2.75, 3.05) is 6.54 Å². The maximum Gasteiger partial charge on any atom is 0.123 e. The van der Waals surface area contributed by atoms with Crippen molar-refractivity contribution in [2.45, 2.75) is 52.5 Å². The van der Waals surface area contributed by atoms with Gasteiger partial charge in [-0.3, -0.25) is 0 Å². The van der Waals surface area contributed by atoms with Gasteiger partial charge in [-0.05, 0) is 62.4 Å². The van der Waals surface area contributed by atoms with Crippen molar-refractivity contribution in [1.82, 2.24) is 5.32 Å². The van der Waals surface area contributed by atoms with Gasteiger partial charge in [-0.1, -0.05) is 19.9 Å². The molecule has 17 heavy (non-hydrogen) atoms. The third-order valence-electron chi connectivity index (χ3n) is 3.06. The van der Waals surface area contributed by atoms with E-state index in [0.717, 1.165) is 43.4 Å². The van der Waals surface area contributed by atoms with Gasteiger partial charge in [0.2, 0.25) is 0 Å². The number of hydrogen-bond acceptors (Lipinski definition) is 1. The number of benzene rings is 1. The lowest BCUT2D eigenvalue weighted by molar-refractivity contribution is 0.468. The fourth-order valence-electron chi connectivity index (χ4n) is 2.10. The molecule has 2 heteroatoms. The van der Waals surface area contributed by atoms with Crippen LogP contribution in [0.15, 0.2) is 18.2 Å². The van der Waals surface area contributed by atoms with Crippen LogP contribution < -0.4 is 5.32 Å². The van der Waals surface area contributed by atoms with E-state index in [1.807, 2.05) is 6.92 Å². The molecule has 0 aromatic heterocycles. The first-order chi connectivity index (χ1) is 8.15. The molecule has 0 aliphatic heterocycles. The molecule has 1 rings (SSSR count). The number of hydrogen-bond donors (Lipinski definition) is 1. The Morgan fingerprint density at radius 2 is 2.00 bits per heavy atom. The van der Waals surface area contributed by atoms with Gasteiger partial charge in [-0.25, -0.2) is 4.39 Å². The Kier molecular flexibility index (Phi) is 6.20. The van der Waals surface area contributed by atoms with Crippen LogP contribution in [-0.4, -0.2) is 12.6 Å². The summed E-state index contributed by atoms with van der Waals surface area (Å²) in [6.07, 6.45) is 4.33. The summed E-state index contributed by atoms with van der Waals surface area (Å²) >= 11 is 0. The fourth-order valence-corrected chi connectivity index (χ4v) is 2.10. The zero-order valence-corrected chi connectivity index (χ0v) is 11.2. The summed E-state index contributed by atoms with van der Waals surface area (Å²) in [5.74, 6) is -0.116. The quantitative estimate of drug-likeness (QED) is 0.759. The van der Waals surface area contributed by atoms with E-state index in [0.29, 0.717) is 6.04 Å². The van der Waals surface area contributed by atoms with Crippen LogP contribution in [0.3, 0.4) is 0 Å². The molecule has 0 radical (unpaired) electrons. The van der Waals surface area contributed by atoms with Crippen LogP contribution in [0.1, 0.15) is 44.2 Å². The van der Waals surface area contributed by atoms with E-state index in [1.165, 1.54) is 0 Å². The Morgan fingerprint density at radius 1 is 1.24 bits per heavy atom. The van der Waals surface area contributed by atoms with E-state index in [4.69, 9.17) is 0 Å². The monoisotopic (exact) mass is 237 g/mol. The molecule has 0 heterocycles. The molecule has 1 nitrogen and oxygen atoms in total. The number of halogens is 1. The molecule has 0 fully saturated rings. The molecule has 96 valence electrons. The van der Waals surface area contributed by atoms with E-state index in [9.17, 15) is 4.39 Å². The van der Waals surface area contributed by atoms with Gasteiger partial charge in [0.25, 0.3) is 0 Å². The molecule has 0 bridgehead atoms. The first-order valence-electron chi connectivity index (χ1n) is 6.65. The van der Waals surface area contributed by atoms with Gasteiger partial charge in [0.15, 0.2) is 0 Å².